The highest BCUT2D eigenvalue weighted by Gasteiger charge is 2.24. The average molecular weight is 351 g/mol. The van der Waals surface area contributed by atoms with Gasteiger partial charge in [0.15, 0.2) is 9.84 Å². The highest BCUT2D eigenvalue weighted by Crippen LogP contribution is 2.28. The molecule has 128 valence electrons. The van der Waals surface area contributed by atoms with Gasteiger partial charge in [0.05, 0.1) is 11.5 Å². The van der Waals surface area contributed by atoms with Crippen LogP contribution in [-0.2, 0) is 22.8 Å². The summed E-state index contributed by atoms with van der Waals surface area (Å²) in [5, 5.41) is 18.6. The SMILES string of the molecule is Cc1nc2n(n1)CC(Nc1ccc([N+](=O)[O-])c(S(C)(=O)=O)c1)CC2. The molecule has 1 aromatic heterocycles. The first-order valence-electron chi connectivity index (χ1n) is 7.39. The highest BCUT2D eigenvalue weighted by atomic mass is 32.2. The fourth-order valence-corrected chi connectivity index (χ4v) is 3.70. The number of benzene rings is 1. The first kappa shape index (κ1) is 16.4. The Morgan fingerprint density at radius 2 is 2.17 bits per heavy atom. The molecule has 0 amide bonds. The molecule has 0 fully saturated rings. The van der Waals surface area contributed by atoms with Crippen LogP contribution in [0.3, 0.4) is 0 Å². The van der Waals surface area contributed by atoms with Gasteiger partial charge in [0.2, 0.25) is 0 Å². The van der Waals surface area contributed by atoms with Crippen LogP contribution >= 0.6 is 0 Å². The quantitative estimate of drug-likeness (QED) is 0.651. The Balaban J connectivity index is 1.85. The van der Waals surface area contributed by atoms with Gasteiger partial charge in [-0.3, -0.25) is 10.1 Å². The lowest BCUT2D eigenvalue weighted by atomic mass is 10.1. The van der Waals surface area contributed by atoms with Crippen molar-refractivity contribution in [3.05, 3.63) is 40.0 Å². The fraction of sp³-hybridized carbons (Fsp3) is 0.429. The summed E-state index contributed by atoms with van der Waals surface area (Å²) in [6.07, 6.45) is 2.55. The lowest BCUT2D eigenvalue weighted by Gasteiger charge is -2.24. The molecule has 0 saturated heterocycles. The van der Waals surface area contributed by atoms with E-state index in [-0.39, 0.29) is 10.9 Å². The van der Waals surface area contributed by atoms with Crippen molar-refractivity contribution in [3.8, 4) is 0 Å². The molecule has 0 spiro atoms. The molecule has 0 bridgehead atoms. The third-order valence-corrected chi connectivity index (χ3v) is 5.02. The summed E-state index contributed by atoms with van der Waals surface area (Å²) >= 11 is 0. The van der Waals surface area contributed by atoms with Crippen molar-refractivity contribution in [1.29, 1.82) is 0 Å². The van der Waals surface area contributed by atoms with Gasteiger partial charge in [0.25, 0.3) is 5.69 Å². The average Bonchev–Trinajstić information content (AvgIpc) is 2.85. The molecule has 10 heteroatoms. The number of hydrogen-bond donors (Lipinski definition) is 1. The zero-order valence-corrected chi connectivity index (χ0v) is 14.1. The largest absolute Gasteiger partial charge is 0.380 e. The number of sulfone groups is 1. The van der Waals surface area contributed by atoms with Crippen LogP contribution in [-0.4, -0.2) is 40.4 Å². The van der Waals surface area contributed by atoms with Gasteiger partial charge in [-0.25, -0.2) is 18.1 Å². The Bertz CT molecular complexity index is 906. The van der Waals surface area contributed by atoms with Crippen LogP contribution < -0.4 is 5.32 Å². The van der Waals surface area contributed by atoms with Crippen molar-refractivity contribution < 1.29 is 13.3 Å². The lowest BCUT2D eigenvalue weighted by molar-refractivity contribution is -0.387. The summed E-state index contributed by atoms with van der Waals surface area (Å²) in [5.74, 6) is 1.66. The van der Waals surface area contributed by atoms with E-state index in [0.29, 0.717) is 12.2 Å². The van der Waals surface area contributed by atoms with E-state index in [1.165, 1.54) is 18.2 Å². The summed E-state index contributed by atoms with van der Waals surface area (Å²) in [5.41, 5.74) is 0.118. The monoisotopic (exact) mass is 351 g/mol. The molecule has 1 aliphatic heterocycles. The van der Waals surface area contributed by atoms with Crippen LogP contribution in [0.25, 0.3) is 0 Å². The van der Waals surface area contributed by atoms with Crippen molar-refractivity contribution >= 4 is 21.2 Å². The summed E-state index contributed by atoms with van der Waals surface area (Å²) in [6.45, 7) is 2.45. The number of nitrogens with one attached hydrogen (secondary N) is 1. The maximum atomic E-state index is 11.8. The third-order valence-electron chi connectivity index (χ3n) is 3.89. The molecule has 3 rings (SSSR count). The maximum Gasteiger partial charge on any atom is 0.288 e. The second kappa shape index (κ2) is 5.86. The standard InChI is InChI=1S/C14H17N5O4S/c1-9-15-14-6-4-11(8-18(14)17-9)16-10-3-5-12(19(20)21)13(7-10)24(2,22)23/h3,5,7,11,16H,4,6,8H2,1-2H3. The van der Waals surface area contributed by atoms with E-state index in [2.05, 4.69) is 15.4 Å². The van der Waals surface area contributed by atoms with Gasteiger partial charge in [-0.2, -0.15) is 5.10 Å². The molecule has 1 atom stereocenters. The first-order valence-corrected chi connectivity index (χ1v) is 9.28. The zero-order valence-electron chi connectivity index (χ0n) is 13.3. The Hall–Kier alpha value is -2.49. The zero-order chi connectivity index (χ0) is 17.5. The van der Waals surface area contributed by atoms with Gasteiger partial charge < -0.3 is 5.32 Å². The number of fused-ring (bicyclic) bond motifs is 1. The van der Waals surface area contributed by atoms with E-state index >= 15 is 0 Å². The molecule has 0 saturated carbocycles. The van der Waals surface area contributed by atoms with Gasteiger partial charge in [0, 0.05) is 30.5 Å². The molecule has 24 heavy (non-hydrogen) atoms. The molecule has 9 nitrogen and oxygen atoms in total. The molecule has 1 aliphatic rings. The number of nitrogens with zero attached hydrogens (tertiary/aromatic N) is 4. The van der Waals surface area contributed by atoms with Crippen molar-refractivity contribution in [2.75, 3.05) is 11.6 Å². The number of rotatable bonds is 4. The first-order chi connectivity index (χ1) is 11.2. The van der Waals surface area contributed by atoms with Gasteiger partial charge in [-0.05, 0) is 25.5 Å². The molecule has 1 N–H and O–H groups in total. The lowest BCUT2D eigenvalue weighted by Crippen LogP contribution is -2.32. The Morgan fingerprint density at radius 1 is 1.42 bits per heavy atom. The van der Waals surface area contributed by atoms with Gasteiger partial charge in [-0.15, -0.1) is 0 Å². The number of aryl methyl sites for hydroxylation is 2. The number of nitro benzene ring substituents is 1. The van der Waals surface area contributed by atoms with Gasteiger partial charge in [-0.1, -0.05) is 0 Å². The van der Waals surface area contributed by atoms with Crippen LogP contribution in [0.5, 0.6) is 0 Å². The highest BCUT2D eigenvalue weighted by molar-refractivity contribution is 7.90. The minimum atomic E-state index is -3.70. The molecule has 2 aromatic rings. The van der Waals surface area contributed by atoms with Crippen LogP contribution in [0.4, 0.5) is 11.4 Å². The number of anilines is 1. The molecule has 0 radical (unpaired) electrons. The number of nitro groups is 1. The second-order valence-electron chi connectivity index (χ2n) is 5.85. The topological polar surface area (TPSA) is 120 Å². The predicted molar refractivity (Wildman–Crippen MR) is 86.7 cm³/mol. The summed E-state index contributed by atoms with van der Waals surface area (Å²) in [4.78, 5) is 14.4. The molecule has 1 unspecified atom stereocenters. The van der Waals surface area contributed by atoms with Crippen molar-refractivity contribution in [2.24, 2.45) is 0 Å². The van der Waals surface area contributed by atoms with Gasteiger partial charge >= 0.3 is 0 Å². The Morgan fingerprint density at radius 3 is 2.83 bits per heavy atom. The molecule has 2 heterocycles. The van der Waals surface area contributed by atoms with Crippen molar-refractivity contribution in [1.82, 2.24) is 14.8 Å². The van der Waals surface area contributed by atoms with Crippen LogP contribution in [0.2, 0.25) is 0 Å². The number of hydrogen-bond acceptors (Lipinski definition) is 7. The van der Waals surface area contributed by atoms with E-state index in [0.717, 1.165) is 30.7 Å². The molecular formula is C14H17N5O4S. The van der Waals surface area contributed by atoms with Gasteiger partial charge in [0.1, 0.15) is 16.5 Å². The minimum absolute atomic E-state index is 0.0486. The molecule has 1 aromatic carbocycles. The van der Waals surface area contributed by atoms with E-state index in [9.17, 15) is 18.5 Å². The molecular weight excluding hydrogens is 334 g/mol. The summed E-state index contributed by atoms with van der Waals surface area (Å²) in [7, 11) is -3.70. The summed E-state index contributed by atoms with van der Waals surface area (Å²) < 4.78 is 25.5. The van der Waals surface area contributed by atoms with Crippen molar-refractivity contribution in [2.45, 2.75) is 37.2 Å². The smallest absolute Gasteiger partial charge is 0.288 e. The van der Waals surface area contributed by atoms with E-state index in [4.69, 9.17) is 0 Å². The summed E-state index contributed by atoms with van der Waals surface area (Å²) in [6, 6.07) is 4.10. The third kappa shape index (κ3) is 3.23. The van der Waals surface area contributed by atoms with E-state index in [1.54, 1.807) is 0 Å². The normalized spacial score (nSPS) is 17.3. The number of aromatic nitrogens is 3. The van der Waals surface area contributed by atoms with Crippen LogP contribution in [0.15, 0.2) is 23.1 Å². The second-order valence-corrected chi connectivity index (χ2v) is 7.83. The van der Waals surface area contributed by atoms with Crippen molar-refractivity contribution in [3.63, 3.8) is 0 Å². The van der Waals surface area contributed by atoms with E-state index in [1.807, 2.05) is 11.6 Å². The maximum absolute atomic E-state index is 11.8. The fourth-order valence-electron chi connectivity index (χ4n) is 2.84. The Kier molecular flexibility index (Phi) is 3.99. The predicted octanol–water partition coefficient (Wildman–Crippen LogP) is 1.33. The molecule has 0 aliphatic carbocycles. The Labute approximate surface area is 138 Å². The van der Waals surface area contributed by atoms with Crippen LogP contribution in [0, 0.1) is 17.0 Å². The van der Waals surface area contributed by atoms with Crippen LogP contribution in [0.1, 0.15) is 18.1 Å². The minimum Gasteiger partial charge on any atom is -0.380 e. The van der Waals surface area contributed by atoms with E-state index < -0.39 is 20.4 Å².